The molecule has 4 rings (SSSR count). The van der Waals surface area contributed by atoms with Crippen LogP contribution in [0.25, 0.3) is 0 Å². The Morgan fingerprint density at radius 1 is 1.03 bits per heavy atom. The van der Waals surface area contributed by atoms with Crippen molar-refractivity contribution < 1.29 is 10.0 Å². The van der Waals surface area contributed by atoms with Gasteiger partial charge in [-0.25, -0.2) is 4.98 Å². The molecular weight excluding hydrogens is 408 g/mol. The molecule has 1 amide bonds. The van der Waals surface area contributed by atoms with Crippen LogP contribution in [-0.2, 0) is 4.79 Å². The number of rotatable bonds is 6. The van der Waals surface area contributed by atoms with Crippen molar-refractivity contribution in [1.29, 1.82) is 0 Å². The molecule has 1 saturated heterocycles. The molecule has 6 nitrogen and oxygen atoms in total. The fourth-order valence-electron chi connectivity index (χ4n) is 4.18. The molecule has 7 heteroatoms. The summed E-state index contributed by atoms with van der Waals surface area (Å²) in [6.07, 6.45) is 1.69. The van der Waals surface area contributed by atoms with Crippen molar-refractivity contribution in [2.24, 2.45) is 5.41 Å². The van der Waals surface area contributed by atoms with Crippen LogP contribution in [0.3, 0.4) is 0 Å². The number of carbonyl (C=O) groups excluding carboxylic acids is 1. The maximum Gasteiger partial charge on any atom is 0.232 e. The van der Waals surface area contributed by atoms with Crippen molar-refractivity contribution in [3.8, 4) is 0 Å². The predicted octanol–water partition coefficient (Wildman–Crippen LogP) is 4.45. The number of amides is 1. The molecule has 1 aliphatic rings. The van der Waals surface area contributed by atoms with Crippen LogP contribution >= 0.6 is 11.3 Å². The lowest BCUT2D eigenvalue weighted by Crippen LogP contribution is -2.44. The van der Waals surface area contributed by atoms with Gasteiger partial charge in [0.05, 0.1) is 5.41 Å². The zero-order chi connectivity index (χ0) is 21.8. The van der Waals surface area contributed by atoms with Gasteiger partial charge >= 0.3 is 0 Å². The number of piperazine rings is 1. The standard InChI is InChI=1S/C24H28N4O2S/c1-24(2,22(29)26-23-25-12-17-31-23)21(18-6-4-3-5-7-18)19-8-10-20(11-9-19)27-13-15-28(30)16-14-27/h3-12,17,21,30H,13-16H2,1-2H3,(H,25,26,29). The maximum absolute atomic E-state index is 13.3. The molecule has 1 unspecified atom stereocenters. The van der Waals surface area contributed by atoms with E-state index in [1.54, 1.807) is 6.20 Å². The Labute approximate surface area is 187 Å². The summed E-state index contributed by atoms with van der Waals surface area (Å²) in [6.45, 7) is 6.83. The number of hydrogen-bond acceptors (Lipinski definition) is 6. The molecular formula is C24H28N4O2S. The molecule has 0 radical (unpaired) electrons. The minimum Gasteiger partial charge on any atom is -0.369 e. The second-order valence-electron chi connectivity index (χ2n) is 8.39. The predicted molar refractivity (Wildman–Crippen MR) is 125 cm³/mol. The Kier molecular flexibility index (Phi) is 6.36. The Hall–Kier alpha value is -2.74. The van der Waals surface area contributed by atoms with Gasteiger partial charge in [-0.15, -0.1) is 11.3 Å². The summed E-state index contributed by atoms with van der Waals surface area (Å²) < 4.78 is 0. The molecule has 0 bridgehead atoms. The fraction of sp³-hybridized carbons (Fsp3) is 0.333. The monoisotopic (exact) mass is 436 g/mol. The average Bonchev–Trinajstić information content (AvgIpc) is 3.29. The van der Waals surface area contributed by atoms with Crippen LogP contribution in [0.1, 0.15) is 30.9 Å². The minimum absolute atomic E-state index is 0.0561. The van der Waals surface area contributed by atoms with Gasteiger partial charge in [-0.2, -0.15) is 5.06 Å². The number of anilines is 2. The van der Waals surface area contributed by atoms with Crippen LogP contribution in [-0.4, -0.2) is 47.3 Å². The summed E-state index contributed by atoms with van der Waals surface area (Å²) in [5.41, 5.74) is 2.63. The van der Waals surface area contributed by atoms with E-state index in [4.69, 9.17) is 0 Å². The SMILES string of the molecule is CC(C)(C(=O)Nc1nccs1)C(c1ccccc1)c1ccc(N2CCN(O)CC2)cc1. The molecule has 1 atom stereocenters. The van der Waals surface area contributed by atoms with Gasteiger partial charge in [0, 0.05) is 49.4 Å². The summed E-state index contributed by atoms with van der Waals surface area (Å²) in [5.74, 6) is -0.170. The zero-order valence-electron chi connectivity index (χ0n) is 17.9. The third kappa shape index (κ3) is 4.79. The lowest BCUT2D eigenvalue weighted by molar-refractivity contribution is -0.124. The summed E-state index contributed by atoms with van der Waals surface area (Å²) in [4.78, 5) is 19.8. The number of benzene rings is 2. The van der Waals surface area contributed by atoms with E-state index >= 15 is 0 Å². The lowest BCUT2D eigenvalue weighted by atomic mass is 9.70. The van der Waals surface area contributed by atoms with E-state index < -0.39 is 5.41 Å². The van der Waals surface area contributed by atoms with E-state index in [0.29, 0.717) is 18.2 Å². The number of thiazole rings is 1. The second-order valence-corrected chi connectivity index (χ2v) is 9.28. The van der Waals surface area contributed by atoms with E-state index in [-0.39, 0.29) is 11.8 Å². The molecule has 1 fully saturated rings. The van der Waals surface area contributed by atoms with Gasteiger partial charge < -0.3 is 15.4 Å². The first-order chi connectivity index (χ1) is 14.9. The number of hydroxylamine groups is 2. The van der Waals surface area contributed by atoms with E-state index in [2.05, 4.69) is 51.6 Å². The molecule has 1 aromatic heterocycles. The third-order valence-electron chi connectivity index (χ3n) is 5.94. The highest BCUT2D eigenvalue weighted by molar-refractivity contribution is 7.13. The molecule has 162 valence electrons. The molecule has 2 heterocycles. The minimum atomic E-state index is -0.697. The summed E-state index contributed by atoms with van der Waals surface area (Å²) in [7, 11) is 0. The molecule has 2 aromatic carbocycles. The average molecular weight is 437 g/mol. The Morgan fingerprint density at radius 3 is 2.29 bits per heavy atom. The Morgan fingerprint density at radius 2 is 1.68 bits per heavy atom. The number of aromatic nitrogens is 1. The van der Waals surface area contributed by atoms with Crippen LogP contribution in [0.5, 0.6) is 0 Å². The van der Waals surface area contributed by atoms with Crippen LogP contribution in [0.2, 0.25) is 0 Å². The Balaban J connectivity index is 1.63. The van der Waals surface area contributed by atoms with E-state index in [0.717, 1.165) is 29.9 Å². The molecule has 0 spiro atoms. The highest BCUT2D eigenvalue weighted by Crippen LogP contribution is 2.42. The molecule has 31 heavy (non-hydrogen) atoms. The molecule has 0 aliphatic carbocycles. The van der Waals surface area contributed by atoms with E-state index in [1.165, 1.54) is 16.4 Å². The van der Waals surface area contributed by atoms with Gasteiger partial charge in [0.1, 0.15) is 0 Å². The van der Waals surface area contributed by atoms with Crippen LogP contribution in [0.4, 0.5) is 10.8 Å². The first-order valence-electron chi connectivity index (χ1n) is 10.5. The summed E-state index contributed by atoms with van der Waals surface area (Å²) >= 11 is 1.42. The van der Waals surface area contributed by atoms with Gasteiger partial charge in [-0.05, 0) is 23.3 Å². The maximum atomic E-state index is 13.3. The van der Waals surface area contributed by atoms with Crippen LogP contribution in [0, 0.1) is 5.41 Å². The van der Waals surface area contributed by atoms with Crippen molar-refractivity contribution in [1.82, 2.24) is 10.0 Å². The molecule has 2 N–H and O–H groups in total. The number of hydrogen-bond donors (Lipinski definition) is 2. The normalized spacial score (nSPS) is 16.2. The first kappa shape index (κ1) is 21.5. The van der Waals surface area contributed by atoms with Gasteiger partial charge in [0.2, 0.25) is 5.91 Å². The van der Waals surface area contributed by atoms with Crippen molar-refractivity contribution in [3.05, 3.63) is 77.3 Å². The van der Waals surface area contributed by atoms with E-state index in [1.807, 2.05) is 37.4 Å². The number of nitrogens with zero attached hydrogens (tertiary/aromatic N) is 3. The summed E-state index contributed by atoms with van der Waals surface area (Å²) in [5, 5.41) is 16.4. The highest BCUT2D eigenvalue weighted by Gasteiger charge is 2.39. The Bertz CT molecular complexity index is 982. The highest BCUT2D eigenvalue weighted by atomic mass is 32.1. The lowest BCUT2D eigenvalue weighted by Gasteiger charge is -2.35. The number of carbonyl (C=O) groups is 1. The van der Waals surface area contributed by atoms with Crippen molar-refractivity contribution in [2.75, 3.05) is 36.4 Å². The van der Waals surface area contributed by atoms with Gasteiger partial charge in [-0.1, -0.05) is 56.3 Å². The van der Waals surface area contributed by atoms with Crippen LogP contribution in [0.15, 0.2) is 66.2 Å². The van der Waals surface area contributed by atoms with E-state index in [9.17, 15) is 10.0 Å². The largest absolute Gasteiger partial charge is 0.369 e. The van der Waals surface area contributed by atoms with Gasteiger partial charge in [0.15, 0.2) is 5.13 Å². The quantitative estimate of drug-likeness (QED) is 0.597. The van der Waals surface area contributed by atoms with Gasteiger partial charge in [-0.3, -0.25) is 4.79 Å². The topological polar surface area (TPSA) is 68.7 Å². The molecule has 3 aromatic rings. The van der Waals surface area contributed by atoms with Crippen molar-refractivity contribution in [2.45, 2.75) is 19.8 Å². The smallest absolute Gasteiger partial charge is 0.232 e. The first-order valence-corrected chi connectivity index (χ1v) is 11.4. The van der Waals surface area contributed by atoms with Crippen molar-refractivity contribution in [3.63, 3.8) is 0 Å². The third-order valence-corrected chi connectivity index (χ3v) is 6.63. The fourth-order valence-corrected chi connectivity index (χ4v) is 4.70. The molecule has 0 saturated carbocycles. The molecule has 1 aliphatic heterocycles. The van der Waals surface area contributed by atoms with Gasteiger partial charge in [0.25, 0.3) is 0 Å². The zero-order valence-corrected chi connectivity index (χ0v) is 18.7. The number of nitrogens with one attached hydrogen (secondary N) is 1. The van der Waals surface area contributed by atoms with Crippen LogP contribution < -0.4 is 10.2 Å². The summed E-state index contributed by atoms with van der Waals surface area (Å²) in [6, 6.07) is 18.7. The van der Waals surface area contributed by atoms with Crippen molar-refractivity contribution >= 4 is 28.1 Å². The second kappa shape index (κ2) is 9.18.